The number of aromatic hydroxyl groups is 2. The highest BCUT2D eigenvalue weighted by atomic mass is 79.9. The van der Waals surface area contributed by atoms with Crippen molar-refractivity contribution in [1.29, 1.82) is 0 Å². The Morgan fingerprint density at radius 2 is 1.70 bits per heavy atom. The molecule has 0 unspecified atom stereocenters. The van der Waals surface area contributed by atoms with Gasteiger partial charge in [-0.05, 0) is 49.6 Å². The lowest BCUT2D eigenvalue weighted by molar-refractivity contribution is -0.115. The Kier molecular flexibility index (Phi) is 5.58. The molecule has 0 saturated carbocycles. The van der Waals surface area contributed by atoms with Crippen LogP contribution < -0.4 is 10.6 Å². The number of imide groups is 1. The molecule has 1 saturated heterocycles. The summed E-state index contributed by atoms with van der Waals surface area (Å²) in [5.41, 5.74) is 0.474. The minimum Gasteiger partial charge on any atom is -0.504 e. The quantitative estimate of drug-likeness (QED) is 0.327. The molecule has 1 aromatic rings. The van der Waals surface area contributed by atoms with Crippen molar-refractivity contribution in [3.8, 4) is 11.5 Å². The maximum atomic E-state index is 11.3. The fraction of sp³-hybridized carbons (Fsp3) is 0.167. The van der Waals surface area contributed by atoms with Crippen LogP contribution in [0, 0.1) is 0 Å². The number of phenolic OH excluding ortho intramolecular Hbond substituents is 2. The van der Waals surface area contributed by atoms with E-state index in [1.54, 1.807) is 0 Å². The van der Waals surface area contributed by atoms with Crippen LogP contribution in [0.2, 0.25) is 0 Å². The van der Waals surface area contributed by atoms with Gasteiger partial charge in [0.15, 0.2) is 11.5 Å². The van der Waals surface area contributed by atoms with Gasteiger partial charge in [-0.3, -0.25) is 10.1 Å². The van der Waals surface area contributed by atoms with Gasteiger partial charge in [0.1, 0.15) is 5.70 Å². The smallest absolute Gasteiger partial charge is 0.326 e. The summed E-state index contributed by atoms with van der Waals surface area (Å²) in [6.45, 7) is 4.00. The van der Waals surface area contributed by atoms with E-state index in [4.69, 9.17) is 0 Å². The molecule has 1 heterocycles. The number of benzene rings is 1. The van der Waals surface area contributed by atoms with Crippen LogP contribution in [-0.2, 0) is 4.79 Å². The van der Waals surface area contributed by atoms with Crippen LogP contribution >= 0.6 is 31.9 Å². The first-order valence-electron chi connectivity index (χ1n) is 5.64. The number of hydrogen-bond donors (Lipinski definition) is 4. The molecule has 1 aliphatic rings. The number of amides is 3. The first-order chi connectivity index (χ1) is 9.40. The van der Waals surface area contributed by atoms with Crippen LogP contribution in [0.3, 0.4) is 0 Å². The van der Waals surface area contributed by atoms with E-state index in [1.165, 1.54) is 12.1 Å². The van der Waals surface area contributed by atoms with Crippen molar-refractivity contribution in [1.82, 2.24) is 10.6 Å². The highest BCUT2D eigenvalue weighted by Gasteiger charge is 2.23. The Morgan fingerprint density at radius 3 is 2.20 bits per heavy atom. The summed E-state index contributed by atoms with van der Waals surface area (Å²) in [5, 5.41) is 23.3. The van der Waals surface area contributed by atoms with Crippen molar-refractivity contribution in [3.05, 3.63) is 26.3 Å². The van der Waals surface area contributed by atoms with E-state index in [0.717, 1.165) is 0 Å². The summed E-state index contributed by atoms with van der Waals surface area (Å²) in [5.74, 6) is -1.22. The normalized spacial score (nSPS) is 15.5. The van der Waals surface area contributed by atoms with Crippen LogP contribution in [0.15, 0.2) is 20.7 Å². The zero-order valence-electron chi connectivity index (χ0n) is 10.6. The average Bonchev–Trinajstić information content (AvgIpc) is 2.74. The molecule has 1 aromatic carbocycles. The monoisotopic (exact) mass is 406 g/mol. The van der Waals surface area contributed by atoms with E-state index in [1.807, 2.05) is 13.8 Å². The average molecular weight is 408 g/mol. The standard InChI is InChI=1S/C10H6Br2N2O4.C2H6/c11-6-3(2-5(15)8(16)7(6)12)1-4-9(17)14-10(18)13-4;1-2/h1-2,15-16H,(H2,13,14,17,18);1-2H3/b4-1+;. The van der Waals surface area contributed by atoms with Crippen LogP contribution in [0.25, 0.3) is 6.08 Å². The zero-order valence-corrected chi connectivity index (χ0v) is 13.8. The van der Waals surface area contributed by atoms with E-state index in [9.17, 15) is 19.8 Å². The minimum absolute atomic E-state index is 0.0534. The topological polar surface area (TPSA) is 98.7 Å². The Hall–Kier alpha value is -1.54. The van der Waals surface area contributed by atoms with Gasteiger partial charge < -0.3 is 15.5 Å². The lowest BCUT2D eigenvalue weighted by Crippen LogP contribution is -2.22. The van der Waals surface area contributed by atoms with Crippen molar-refractivity contribution in [2.24, 2.45) is 0 Å². The molecule has 6 nitrogen and oxygen atoms in total. The molecule has 8 heteroatoms. The van der Waals surface area contributed by atoms with E-state index >= 15 is 0 Å². The summed E-state index contributed by atoms with van der Waals surface area (Å²) in [6, 6.07) is 0.652. The number of carbonyl (C=O) groups excluding carboxylic acids is 2. The molecule has 0 radical (unpaired) electrons. The first-order valence-corrected chi connectivity index (χ1v) is 7.22. The van der Waals surface area contributed by atoms with Crippen LogP contribution in [0.4, 0.5) is 4.79 Å². The van der Waals surface area contributed by atoms with Gasteiger partial charge in [0.25, 0.3) is 5.91 Å². The Balaban J connectivity index is 0.000000956. The molecule has 0 aromatic heterocycles. The third kappa shape index (κ3) is 3.31. The first kappa shape index (κ1) is 16.5. The summed E-state index contributed by atoms with van der Waals surface area (Å²) in [6.07, 6.45) is 1.37. The summed E-state index contributed by atoms with van der Waals surface area (Å²) in [4.78, 5) is 22.3. The molecule has 3 amide bonds. The molecule has 108 valence electrons. The second kappa shape index (κ2) is 6.76. The van der Waals surface area contributed by atoms with Crippen LogP contribution in [-0.4, -0.2) is 22.2 Å². The van der Waals surface area contributed by atoms with E-state index in [0.29, 0.717) is 10.0 Å². The molecule has 0 spiro atoms. The number of phenols is 2. The molecule has 0 aliphatic carbocycles. The molecule has 20 heavy (non-hydrogen) atoms. The fourth-order valence-corrected chi connectivity index (χ4v) is 2.21. The minimum atomic E-state index is -0.607. The van der Waals surface area contributed by atoms with Crippen molar-refractivity contribution < 1.29 is 19.8 Å². The Morgan fingerprint density at radius 1 is 1.10 bits per heavy atom. The molecule has 1 aliphatic heterocycles. The Bertz CT molecular complexity index is 600. The lowest BCUT2D eigenvalue weighted by atomic mass is 10.1. The van der Waals surface area contributed by atoms with Crippen molar-refractivity contribution >= 4 is 49.9 Å². The number of carbonyl (C=O) groups is 2. The molecular weight excluding hydrogens is 396 g/mol. The predicted octanol–water partition coefficient (Wildman–Crippen LogP) is 2.83. The van der Waals surface area contributed by atoms with Crippen molar-refractivity contribution in [2.45, 2.75) is 13.8 Å². The van der Waals surface area contributed by atoms with Gasteiger partial charge >= 0.3 is 6.03 Å². The third-order valence-corrected chi connectivity index (χ3v) is 4.37. The molecule has 2 rings (SSSR count). The third-order valence-electron chi connectivity index (χ3n) is 2.21. The molecule has 0 bridgehead atoms. The van der Waals surface area contributed by atoms with Gasteiger partial charge in [0.2, 0.25) is 0 Å². The number of halogens is 2. The van der Waals surface area contributed by atoms with Gasteiger partial charge in [-0.1, -0.05) is 13.8 Å². The summed E-state index contributed by atoms with van der Waals surface area (Å²) in [7, 11) is 0. The van der Waals surface area contributed by atoms with Crippen molar-refractivity contribution in [2.75, 3.05) is 0 Å². The Labute approximate surface area is 132 Å². The van der Waals surface area contributed by atoms with Gasteiger partial charge in [-0.15, -0.1) is 0 Å². The predicted molar refractivity (Wildman–Crippen MR) is 81.2 cm³/mol. The highest BCUT2D eigenvalue weighted by Crippen LogP contribution is 2.41. The van der Waals surface area contributed by atoms with Crippen LogP contribution in [0.1, 0.15) is 19.4 Å². The summed E-state index contributed by atoms with van der Waals surface area (Å²) >= 11 is 6.28. The summed E-state index contributed by atoms with van der Waals surface area (Å²) < 4.78 is 0.693. The fourth-order valence-electron chi connectivity index (χ4n) is 1.37. The van der Waals surface area contributed by atoms with Gasteiger partial charge in [-0.25, -0.2) is 4.79 Å². The lowest BCUT2D eigenvalue weighted by Gasteiger charge is -2.07. The molecule has 0 atom stereocenters. The van der Waals surface area contributed by atoms with Crippen molar-refractivity contribution in [3.63, 3.8) is 0 Å². The number of rotatable bonds is 1. The second-order valence-corrected chi connectivity index (χ2v) is 5.01. The molecule has 4 N–H and O–H groups in total. The molecular formula is C12H12Br2N2O4. The number of hydrogen-bond acceptors (Lipinski definition) is 4. The number of nitrogens with one attached hydrogen (secondary N) is 2. The van der Waals surface area contributed by atoms with Crippen LogP contribution in [0.5, 0.6) is 11.5 Å². The maximum Gasteiger partial charge on any atom is 0.326 e. The van der Waals surface area contributed by atoms with Gasteiger partial charge in [-0.2, -0.15) is 0 Å². The maximum absolute atomic E-state index is 11.3. The number of urea groups is 1. The highest BCUT2D eigenvalue weighted by molar-refractivity contribution is 9.13. The largest absolute Gasteiger partial charge is 0.504 e. The van der Waals surface area contributed by atoms with E-state index < -0.39 is 11.9 Å². The van der Waals surface area contributed by atoms with Gasteiger partial charge in [0.05, 0.1) is 4.47 Å². The van der Waals surface area contributed by atoms with E-state index in [-0.39, 0.29) is 21.7 Å². The van der Waals surface area contributed by atoms with Gasteiger partial charge in [0, 0.05) is 4.47 Å². The van der Waals surface area contributed by atoms with E-state index in [2.05, 4.69) is 42.5 Å². The zero-order chi connectivity index (χ0) is 15.4. The second-order valence-electron chi connectivity index (χ2n) is 3.43. The SMILES string of the molecule is CC.O=C1NC(=O)/C(=C\c2cc(O)c(O)c(Br)c2Br)N1. The molecule has 1 fully saturated rings.